The number of aromatic nitrogens is 2. The topological polar surface area (TPSA) is 55.1 Å². The first-order valence-electron chi connectivity index (χ1n) is 4.46. The highest BCUT2D eigenvalue weighted by atomic mass is 32.1. The van der Waals surface area contributed by atoms with Gasteiger partial charge in [-0.3, -0.25) is 0 Å². The third-order valence-corrected chi connectivity index (χ3v) is 3.03. The highest BCUT2D eigenvalue weighted by Crippen LogP contribution is 2.14. The molecule has 2 aromatic rings. The second kappa shape index (κ2) is 3.86. The first-order valence-corrected chi connectivity index (χ1v) is 5.34. The van der Waals surface area contributed by atoms with Crippen molar-refractivity contribution in [3.63, 3.8) is 0 Å². The van der Waals surface area contributed by atoms with Gasteiger partial charge in [0.05, 0.1) is 12.7 Å². The van der Waals surface area contributed by atoms with E-state index in [-0.39, 0.29) is 5.69 Å². The Bertz CT molecular complexity index is 474. The highest BCUT2D eigenvalue weighted by Gasteiger charge is 2.13. The van der Waals surface area contributed by atoms with Gasteiger partial charge in [-0.15, -0.1) is 11.3 Å². The minimum atomic E-state index is -0.938. The minimum Gasteiger partial charge on any atom is -0.477 e. The van der Waals surface area contributed by atoms with E-state index in [1.807, 2.05) is 17.5 Å². The van der Waals surface area contributed by atoms with Crippen molar-refractivity contribution in [3.05, 3.63) is 40.1 Å². The van der Waals surface area contributed by atoms with Crippen LogP contribution in [0.4, 0.5) is 0 Å². The van der Waals surface area contributed by atoms with Crippen molar-refractivity contribution in [2.24, 2.45) is 0 Å². The van der Waals surface area contributed by atoms with Crippen molar-refractivity contribution >= 4 is 17.3 Å². The lowest BCUT2D eigenvalue weighted by molar-refractivity contribution is 0.0685. The van der Waals surface area contributed by atoms with Crippen LogP contribution >= 0.6 is 11.3 Å². The predicted octanol–water partition coefficient (Wildman–Crippen LogP) is 2.00. The Morgan fingerprint density at radius 1 is 1.67 bits per heavy atom. The third-order valence-electron chi connectivity index (χ3n) is 2.17. The standard InChI is InChI=1S/C10H10N2O2S/c1-7-11-5-9(10(13)14)12(7)6-8-3-2-4-15-8/h2-5H,6H2,1H3,(H,13,14). The van der Waals surface area contributed by atoms with E-state index >= 15 is 0 Å². The molecule has 15 heavy (non-hydrogen) atoms. The molecular weight excluding hydrogens is 212 g/mol. The Balaban J connectivity index is 2.35. The van der Waals surface area contributed by atoms with E-state index in [0.29, 0.717) is 6.54 Å². The molecule has 0 bridgehead atoms. The summed E-state index contributed by atoms with van der Waals surface area (Å²) >= 11 is 1.61. The lowest BCUT2D eigenvalue weighted by Crippen LogP contribution is -2.10. The van der Waals surface area contributed by atoms with Crippen molar-refractivity contribution in [1.29, 1.82) is 0 Å². The molecule has 0 unspecified atom stereocenters. The molecule has 2 heterocycles. The van der Waals surface area contributed by atoms with Crippen molar-refractivity contribution in [2.45, 2.75) is 13.5 Å². The molecule has 0 atom stereocenters. The molecule has 0 saturated carbocycles. The van der Waals surface area contributed by atoms with Gasteiger partial charge in [-0.1, -0.05) is 6.07 Å². The van der Waals surface area contributed by atoms with E-state index in [9.17, 15) is 4.79 Å². The third kappa shape index (κ3) is 1.92. The van der Waals surface area contributed by atoms with Gasteiger partial charge in [0, 0.05) is 4.88 Å². The molecule has 0 spiro atoms. The van der Waals surface area contributed by atoms with Gasteiger partial charge in [0.1, 0.15) is 11.5 Å². The van der Waals surface area contributed by atoms with Crippen LogP contribution < -0.4 is 0 Å². The van der Waals surface area contributed by atoms with Gasteiger partial charge in [0.2, 0.25) is 0 Å². The van der Waals surface area contributed by atoms with Gasteiger partial charge in [0.15, 0.2) is 0 Å². The van der Waals surface area contributed by atoms with E-state index in [1.165, 1.54) is 6.20 Å². The maximum absolute atomic E-state index is 10.9. The number of aromatic carboxylic acids is 1. The average Bonchev–Trinajstić information content (AvgIpc) is 2.78. The van der Waals surface area contributed by atoms with Gasteiger partial charge in [-0.2, -0.15) is 0 Å². The first-order chi connectivity index (χ1) is 7.18. The molecule has 0 saturated heterocycles. The van der Waals surface area contributed by atoms with Gasteiger partial charge >= 0.3 is 5.97 Å². The molecule has 0 aliphatic rings. The average molecular weight is 222 g/mol. The number of nitrogens with zero attached hydrogens (tertiary/aromatic N) is 2. The lowest BCUT2D eigenvalue weighted by Gasteiger charge is -2.05. The highest BCUT2D eigenvalue weighted by molar-refractivity contribution is 7.09. The number of carboxylic acids is 1. The van der Waals surface area contributed by atoms with E-state index in [0.717, 1.165) is 10.7 Å². The van der Waals surface area contributed by atoms with Crippen LogP contribution in [0.3, 0.4) is 0 Å². The van der Waals surface area contributed by atoms with Crippen LogP contribution in [-0.4, -0.2) is 20.6 Å². The largest absolute Gasteiger partial charge is 0.477 e. The molecule has 5 heteroatoms. The monoisotopic (exact) mass is 222 g/mol. The van der Waals surface area contributed by atoms with Crippen LogP contribution in [-0.2, 0) is 6.54 Å². The molecule has 0 amide bonds. The predicted molar refractivity (Wildman–Crippen MR) is 57.3 cm³/mol. The van der Waals surface area contributed by atoms with Crippen molar-refractivity contribution in [3.8, 4) is 0 Å². The van der Waals surface area contributed by atoms with E-state index in [1.54, 1.807) is 22.8 Å². The molecule has 0 aliphatic carbocycles. The molecule has 2 rings (SSSR count). The van der Waals surface area contributed by atoms with Crippen LogP contribution in [0, 0.1) is 6.92 Å². The zero-order chi connectivity index (χ0) is 10.8. The molecule has 4 nitrogen and oxygen atoms in total. The summed E-state index contributed by atoms with van der Waals surface area (Å²) < 4.78 is 1.70. The fourth-order valence-electron chi connectivity index (χ4n) is 1.40. The van der Waals surface area contributed by atoms with Crippen LogP contribution in [0.15, 0.2) is 23.7 Å². The van der Waals surface area contributed by atoms with Crippen molar-refractivity contribution in [1.82, 2.24) is 9.55 Å². The number of hydrogen-bond donors (Lipinski definition) is 1. The van der Waals surface area contributed by atoms with Crippen LogP contribution in [0.5, 0.6) is 0 Å². The smallest absolute Gasteiger partial charge is 0.354 e. The van der Waals surface area contributed by atoms with Crippen molar-refractivity contribution < 1.29 is 9.90 Å². The van der Waals surface area contributed by atoms with E-state index < -0.39 is 5.97 Å². The Kier molecular flexibility index (Phi) is 2.55. The Morgan fingerprint density at radius 2 is 2.47 bits per heavy atom. The van der Waals surface area contributed by atoms with Crippen LogP contribution in [0.1, 0.15) is 21.2 Å². The summed E-state index contributed by atoms with van der Waals surface area (Å²) in [4.78, 5) is 16.0. The first kappa shape index (κ1) is 9.92. The van der Waals surface area contributed by atoms with Gasteiger partial charge in [-0.05, 0) is 18.4 Å². The summed E-state index contributed by atoms with van der Waals surface area (Å²) in [5.41, 5.74) is 0.237. The van der Waals surface area contributed by atoms with Gasteiger partial charge in [0.25, 0.3) is 0 Å². The number of hydrogen-bond acceptors (Lipinski definition) is 3. The van der Waals surface area contributed by atoms with Gasteiger partial charge in [-0.25, -0.2) is 9.78 Å². The maximum Gasteiger partial charge on any atom is 0.354 e. The number of rotatable bonds is 3. The number of carbonyl (C=O) groups is 1. The zero-order valence-corrected chi connectivity index (χ0v) is 8.99. The molecule has 0 aliphatic heterocycles. The number of aryl methyl sites for hydroxylation is 1. The number of imidazole rings is 1. The molecule has 2 aromatic heterocycles. The van der Waals surface area contributed by atoms with Gasteiger partial charge < -0.3 is 9.67 Å². The quantitative estimate of drug-likeness (QED) is 0.864. The SMILES string of the molecule is Cc1ncc(C(=O)O)n1Cc1cccs1. The summed E-state index contributed by atoms with van der Waals surface area (Å²) in [6.07, 6.45) is 1.39. The summed E-state index contributed by atoms with van der Waals surface area (Å²) in [6, 6.07) is 3.93. The van der Waals surface area contributed by atoms with E-state index in [2.05, 4.69) is 4.98 Å². The fourth-order valence-corrected chi connectivity index (χ4v) is 2.09. The lowest BCUT2D eigenvalue weighted by atomic mass is 10.4. The Morgan fingerprint density at radius 3 is 3.07 bits per heavy atom. The number of thiophene rings is 1. The Hall–Kier alpha value is -1.62. The fraction of sp³-hybridized carbons (Fsp3) is 0.200. The second-order valence-electron chi connectivity index (χ2n) is 3.16. The maximum atomic E-state index is 10.9. The van der Waals surface area contributed by atoms with Crippen LogP contribution in [0.2, 0.25) is 0 Å². The molecule has 0 aromatic carbocycles. The molecular formula is C10H10N2O2S. The second-order valence-corrected chi connectivity index (χ2v) is 4.19. The zero-order valence-electron chi connectivity index (χ0n) is 8.17. The van der Waals surface area contributed by atoms with Crippen molar-refractivity contribution in [2.75, 3.05) is 0 Å². The molecule has 0 fully saturated rings. The summed E-state index contributed by atoms with van der Waals surface area (Å²) in [5, 5.41) is 10.9. The van der Waals surface area contributed by atoms with E-state index in [4.69, 9.17) is 5.11 Å². The molecule has 0 radical (unpaired) electrons. The molecule has 1 N–H and O–H groups in total. The Labute approximate surface area is 90.8 Å². The van der Waals surface area contributed by atoms with Crippen LogP contribution in [0.25, 0.3) is 0 Å². The summed E-state index contributed by atoms with van der Waals surface area (Å²) in [6.45, 7) is 2.38. The number of carboxylic acid groups (broad SMARTS) is 1. The summed E-state index contributed by atoms with van der Waals surface area (Å²) in [5.74, 6) is -0.215. The molecule has 78 valence electrons. The summed E-state index contributed by atoms with van der Waals surface area (Å²) in [7, 11) is 0. The minimum absolute atomic E-state index is 0.237. The normalized spacial score (nSPS) is 10.5.